The van der Waals surface area contributed by atoms with Crippen LogP contribution in [0, 0.1) is 0 Å². The number of hydrogen-bond acceptors (Lipinski definition) is 5. The van der Waals surface area contributed by atoms with Crippen molar-refractivity contribution in [2.24, 2.45) is 0 Å². The molecule has 1 aromatic heterocycles. The first-order valence-electron chi connectivity index (χ1n) is 6.45. The molecule has 1 saturated heterocycles. The molecule has 100 valence electrons. The number of nitrogens with zero attached hydrogens (tertiary/aromatic N) is 3. The summed E-state index contributed by atoms with van der Waals surface area (Å²) in [6, 6.07) is 0. The normalized spacial score (nSPS) is 21.1. The van der Waals surface area contributed by atoms with Crippen molar-refractivity contribution < 1.29 is 14.4 Å². The van der Waals surface area contributed by atoms with Crippen molar-refractivity contribution in [2.75, 3.05) is 19.6 Å². The quantitative estimate of drug-likeness (QED) is 0.851. The van der Waals surface area contributed by atoms with Gasteiger partial charge in [-0.15, -0.1) is 0 Å². The number of likely N-dealkylation sites (N-methyl/N-ethyl adjacent to an activating group) is 1. The number of aliphatic carboxylic acids is 1. The van der Waals surface area contributed by atoms with Gasteiger partial charge in [-0.25, -0.2) is 0 Å². The van der Waals surface area contributed by atoms with Gasteiger partial charge in [0.05, 0.1) is 6.42 Å². The smallest absolute Gasteiger partial charge is 0.303 e. The van der Waals surface area contributed by atoms with Crippen LogP contribution in [0.1, 0.15) is 43.8 Å². The summed E-state index contributed by atoms with van der Waals surface area (Å²) in [7, 11) is 0. The fourth-order valence-electron chi connectivity index (χ4n) is 2.30. The molecule has 1 aliphatic heterocycles. The van der Waals surface area contributed by atoms with Gasteiger partial charge in [-0.05, 0) is 25.9 Å². The fourth-order valence-corrected chi connectivity index (χ4v) is 2.30. The lowest BCUT2D eigenvalue weighted by atomic mass is 9.97. The van der Waals surface area contributed by atoms with E-state index in [4.69, 9.17) is 9.63 Å². The molecule has 0 bridgehead atoms. The van der Waals surface area contributed by atoms with E-state index >= 15 is 0 Å². The van der Waals surface area contributed by atoms with E-state index in [1.165, 1.54) is 0 Å². The molecule has 1 N–H and O–H groups in total. The molecular weight excluding hydrogens is 234 g/mol. The molecular formula is C12H19N3O3. The molecule has 6 heteroatoms. The van der Waals surface area contributed by atoms with Crippen LogP contribution in [0.5, 0.6) is 0 Å². The highest BCUT2D eigenvalue weighted by Crippen LogP contribution is 2.24. The van der Waals surface area contributed by atoms with Crippen LogP contribution in [0.15, 0.2) is 4.52 Å². The zero-order valence-corrected chi connectivity index (χ0v) is 10.6. The lowest BCUT2D eigenvalue weighted by Gasteiger charge is -2.29. The molecule has 1 aliphatic rings. The van der Waals surface area contributed by atoms with Gasteiger partial charge < -0.3 is 14.5 Å². The highest BCUT2D eigenvalue weighted by Gasteiger charge is 2.24. The number of aromatic nitrogens is 2. The molecule has 0 radical (unpaired) electrons. The summed E-state index contributed by atoms with van der Waals surface area (Å²) in [5.41, 5.74) is 0. The molecule has 1 aromatic rings. The maximum atomic E-state index is 10.5. The first-order valence-corrected chi connectivity index (χ1v) is 6.45. The Morgan fingerprint density at radius 3 is 3.17 bits per heavy atom. The van der Waals surface area contributed by atoms with E-state index < -0.39 is 5.97 Å². The molecule has 1 atom stereocenters. The van der Waals surface area contributed by atoms with Crippen LogP contribution in [0.4, 0.5) is 0 Å². The minimum absolute atomic E-state index is 0.0351. The molecule has 18 heavy (non-hydrogen) atoms. The fraction of sp³-hybridized carbons (Fsp3) is 0.750. The summed E-state index contributed by atoms with van der Waals surface area (Å²) in [4.78, 5) is 17.1. The molecule has 0 amide bonds. The number of likely N-dealkylation sites (tertiary alicyclic amines) is 1. The molecule has 1 fully saturated rings. The number of aryl methyl sites for hydroxylation is 1. The average Bonchev–Trinajstić information content (AvgIpc) is 2.85. The highest BCUT2D eigenvalue weighted by molar-refractivity contribution is 5.66. The van der Waals surface area contributed by atoms with E-state index in [9.17, 15) is 4.79 Å². The minimum Gasteiger partial charge on any atom is -0.481 e. The van der Waals surface area contributed by atoms with Gasteiger partial charge in [-0.1, -0.05) is 12.1 Å². The Morgan fingerprint density at radius 2 is 2.44 bits per heavy atom. The van der Waals surface area contributed by atoms with Crippen LogP contribution in [0.3, 0.4) is 0 Å². The lowest BCUT2D eigenvalue weighted by Crippen LogP contribution is -2.34. The second-order valence-corrected chi connectivity index (χ2v) is 4.67. The van der Waals surface area contributed by atoms with Crippen LogP contribution < -0.4 is 0 Å². The maximum absolute atomic E-state index is 10.5. The first-order chi connectivity index (χ1) is 8.69. The third-order valence-corrected chi connectivity index (χ3v) is 3.35. The van der Waals surface area contributed by atoms with Crippen LogP contribution in [0.2, 0.25) is 0 Å². The molecule has 0 saturated carbocycles. The van der Waals surface area contributed by atoms with Crippen molar-refractivity contribution in [3.05, 3.63) is 11.7 Å². The van der Waals surface area contributed by atoms with Gasteiger partial charge in [0.2, 0.25) is 5.89 Å². The predicted octanol–water partition coefficient (Wildman–Crippen LogP) is 1.29. The second kappa shape index (κ2) is 5.95. The third kappa shape index (κ3) is 3.29. The Balaban J connectivity index is 1.94. The Labute approximate surface area is 106 Å². The van der Waals surface area contributed by atoms with Gasteiger partial charge in [0.25, 0.3) is 0 Å². The molecule has 2 heterocycles. The highest BCUT2D eigenvalue weighted by atomic mass is 16.5. The monoisotopic (exact) mass is 253 g/mol. The topological polar surface area (TPSA) is 79.5 Å². The maximum Gasteiger partial charge on any atom is 0.303 e. The molecule has 0 aliphatic carbocycles. The van der Waals surface area contributed by atoms with E-state index in [1.54, 1.807) is 0 Å². The summed E-state index contributed by atoms with van der Waals surface area (Å²) < 4.78 is 5.09. The molecule has 0 aromatic carbocycles. The number of carboxylic acids is 1. The van der Waals surface area contributed by atoms with Gasteiger partial charge in [0.1, 0.15) is 0 Å². The van der Waals surface area contributed by atoms with Gasteiger partial charge in [-0.3, -0.25) is 4.79 Å². The van der Waals surface area contributed by atoms with Gasteiger partial charge in [-0.2, -0.15) is 4.98 Å². The van der Waals surface area contributed by atoms with Gasteiger partial charge >= 0.3 is 5.97 Å². The number of carbonyl (C=O) groups is 1. The van der Waals surface area contributed by atoms with Crippen LogP contribution >= 0.6 is 0 Å². The summed E-state index contributed by atoms with van der Waals surface area (Å²) in [5, 5.41) is 12.6. The van der Waals surface area contributed by atoms with Crippen molar-refractivity contribution >= 4 is 5.97 Å². The Bertz CT molecular complexity index is 405. The van der Waals surface area contributed by atoms with Gasteiger partial charge in [0.15, 0.2) is 5.82 Å². The second-order valence-electron chi connectivity index (χ2n) is 4.67. The number of rotatable bonds is 5. The summed E-state index contributed by atoms with van der Waals surface area (Å²) >= 11 is 0. The Hall–Kier alpha value is -1.43. The van der Waals surface area contributed by atoms with E-state index in [0.29, 0.717) is 18.2 Å². The Morgan fingerprint density at radius 1 is 1.61 bits per heavy atom. The van der Waals surface area contributed by atoms with Crippen LogP contribution in [-0.2, 0) is 11.2 Å². The number of carboxylic acid groups (broad SMARTS) is 1. The third-order valence-electron chi connectivity index (χ3n) is 3.35. The van der Waals surface area contributed by atoms with Crippen molar-refractivity contribution in [3.8, 4) is 0 Å². The van der Waals surface area contributed by atoms with Crippen molar-refractivity contribution in [3.63, 3.8) is 0 Å². The van der Waals surface area contributed by atoms with Crippen molar-refractivity contribution in [2.45, 2.75) is 38.5 Å². The van der Waals surface area contributed by atoms with E-state index in [2.05, 4.69) is 22.0 Å². The predicted molar refractivity (Wildman–Crippen MR) is 64.3 cm³/mol. The molecule has 6 nitrogen and oxygen atoms in total. The summed E-state index contributed by atoms with van der Waals surface area (Å²) in [6.45, 7) is 5.29. The number of piperidine rings is 1. The van der Waals surface area contributed by atoms with E-state index in [1.807, 2.05) is 0 Å². The standard InChI is InChI=1S/C12H19N3O3/c1-2-15-7-3-4-9(8-15)12-13-10(18-14-12)5-6-11(16)17/h9H,2-8H2,1H3,(H,16,17). The largest absolute Gasteiger partial charge is 0.481 e. The van der Waals surface area contributed by atoms with Gasteiger partial charge in [0, 0.05) is 18.9 Å². The Kier molecular flexibility index (Phi) is 4.30. The lowest BCUT2D eigenvalue weighted by molar-refractivity contribution is -0.137. The molecule has 1 unspecified atom stereocenters. The van der Waals surface area contributed by atoms with Crippen LogP contribution in [0.25, 0.3) is 0 Å². The van der Waals surface area contributed by atoms with E-state index in [0.717, 1.165) is 38.3 Å². The van der Waals surface area contributed by atoms with Crippen LogP contribution in [-0.4, -0.2) is 45.8 Å². The summed E-state index contributed by atoms with van der Waals surface area (Å²) in [6.07, 6.45) is 2.58. The minimum atomic E-state index is -0.843. The molecule has 2 rings (SSSR count). The molecule has 0 spiro atoms. The first kappa shape index (κ1) is 13.0. The van der Waals surface area contributed by atoms with Crippen molar-refractivity contribution in [1.82, 2.24) is 15.0 Å². The number of hydrogen-bond donors (Lipinski definition) is 1. The zero-order valence-electron chi connectivity index (χ0n) is 10.6. The van der Waals surface area contributed by atoms with E-state index in [-0.39, 0.29) is 6.42 Å². The zero-order chi connectivity index (χ0) is 13.0. The summed E-state index contributed by atoms with van der Waals surface area (Å²) in [5.74, 6) is 0.639. The average molecular weight is 253 g/mol. The van der Waals surface area contributed by atoms with Crippen molar-refractivity contribution in [1.29, 1.82) is 0 Å². The SMILES string of the molecule is CCN1CCCC(c2noc(CCC(=O)O)n2)C1.